The number of esters is 10. The van der Waals surface area contributed by atoms with E-state index >= 15 is 0 Å². The minimum atomic E-state index is -1.21. The van der Waals surface area contributed by atoms with E-state index in [9.17, 15) is 87.9 Å². The van der Waals surface area contributed by atoms with Gasteiger partial charge in [0.15, 0.2) is 19.8 Å². The van der Waals surface area contributed by atoms with Crippen LogP contribution in [0.3, 0.4) is 0 Å². The standard InChI is InChI=1S/C36H65N3O12.C30H47N3O12.C18H26O10/c1-11-36(21-46-15-27(8)37-12-30(40)18-49-33(43)24(2)3,22-47-16-28(9)38-13-31(41)19-50-34(44)25(4)5)23-48-17-29(10)39-14-32(42)20-51-35(45)26(6)7;1-8-30(18-40-12-9-31-24(34)15-43-27(37)21(2)3,19-41-13-10-32-25(35)16-44-28(38)22(4)5)20-42-14-11-33-26(36)17-45-29(39)23(6)7;1-11(2)17(23)27-9-13(19)7-25-15(21)5-6-16(22)26-8-14(20)10-28-18(24)12(3)4/h27-32,37-42H,2,4,6,11-23H2,1,3,5,7-10H3;2,4,6,8-20H2,1,3,5,7H3,(H,31,34)(H,32,35)(H,33,36);13-14,19-20H,1,3,5-10H2,2,4H3. The van der Waals surface area contributed by atoms with Crippen molar-refractivity contribution in [3.05, 3.63) is 97.2 Å². The molecule has 0 heterocycles. The zero-order valence-corrected chi connectivity index (χ0v) is 74.5. The molecule has 0 aromatic carbocycles. The second-order valence-corrected chi connectivity index (χ2v) is 29.5. The Hall–Kier alpha value is -9.53. The van der Waals surface area contributed by atoms with E-state index in [1.165, 1.54) is 55.4 Å². The van der Waals surface area contributed by atoms with Gasteiger partial charge in [0, 0.05) is 113 Å². The van der Waals surface area contributed by atoms with E-state index in [2.05, 4.69) is 94.0 Å². The topological polar surface area (TPSA) is 543 Å². The van der Waals surface area contributed by atoms with Gasteiger partial charge in [-0.3, -0.25) is 24.0 Å². The maximum Gasteiger partial charge on any atom is 0.333 e. The van der Waals surface area contributed by atoms with Crippen LogP contribution in [0.25, 0.3) is 0 Å². The summed E-state index contributed by atoms with van der Waals surface area (Å²) < 4.78 is 83.9. The summed E-state index contributed by atoms with van der Waals surface area (Å²) in [7, 11) is 0. The van der Waals surface area contributed by atoms with Crippen LogP contribution in [0.4, 0.5) is 0 Å². The number of ether oxygens (including phenoxy) is 16. The third-order valence-electron chi connectivity index (χ3n) is 16.1. The maximum atomic E-state index is 11.9. The number of rotatable bonds is 69. The molecule has 8 unspecified atom stereocenters. The SMILES string of the molecule is C=C(C)C(=O)OCC(=O)NCCOCC(CC)(COCCNC(=O)COC(=O)C(=C)C)COCCNC(=O)COC(=O)C(=C)C.C=C(C)C(=O)OCC(O)CNC(C)COCC(CC)(COCC(C)NCC(O)COC(=O)C(=C)C)COCC(C)NCC(O)COC(=O)C(=C)C.C=C(C)C(=O)OCC(O)COC(=O)CCC(=O)OCC(O)COC(=O)C(=C)C. The number of aliphatic hydroxyl groups excluding tert-OH is 5. The van der Waals surface area contributed by atoms with Gasteiger partial charge in [0.1, 0.15) is 76.8 Å². The summed E-state index contributed by atoms with van der Waals surface area (Å²) in [5.41, 5.74) is 0.537. The minimum absolute atomic E-state index is 0.122. The fourth-order valence-electron chi connectivity index (χ4n) is 8.45. The Labute approximate surface area is 727 Å². The van der Waals surface area contributed by atoms with Crippen LogP contribution in [0.2, 0.25) is 0 Å². The first kappa shape index (κ1) is 119. The van der Waals surface area contributed by atoms with Gasteiger partial charge < -0.3 is 133 Å². The molecule has 0 spiro atoms. The van der Waals surface area contributed by atoms with Gasteiger partial charge in [-0.15, -0.1) is 0 Å². The Morgan fingerprint density at radius 3 is 0.685 bits per heavy atom. The second kappa shape index (κ2) is 69.7. The van der Waals surface area contributed by atoms with Crippen molar-refractivity contribution in [1.82, 2.24) is 31.9 Å². The second-order valence-electron chi connectivity index (χ2n) is 29.5. The van der Waals surface area contributed by atoms with E-state index in [1.54, 1.807) is 0 Å². The van der Waals surface area contributed by atoms with Crippen molar-refractivity contribution in [2.75, 3.05) is 185 Å². The number of aliphatic hydroxyl groups is 5. The monoisotopic (exact) mass is 1770 g/mol. The normalized spacial score (nSPS) is 13.3. The molecule has 8 atom stereocenters. The molecule has 124 heavy (non-hydrogen) atoms. The Bertz CT molecular complexity index is 3090. The molecule has 11 N–H and O–H groups in total. The van der Waals surface area contributed by atoms with Crippen molar-refractivity contribution in [3.8, 4) is 0 Å². The van der Waals surface area contributed by atoms with Gasteiger partial charge in [-0.05, 0) is 89.0 Å². The minimum Gasteiger partial charge on any atom is -0.463 e. The molecule has 3 amide bonds. The molecule has 0 fully saturated rings. The lowest BCUT2D eigenvalue weighted by Gasteiger charge is -2.33. The van der Waals surface area contributed by atoms with Crippen LogP contribution in [0.15, 0.2) is 97.2 Å². The van der Waals surface area contributed by atoms with Crippen LogP contribution in [-0.2, 0) is 138 Å². The first-order chi connectivity index (χ1) is 58.2. The lowest BCUT2D eigenvalue weighted by molar-refractivity contribution is -0.156. The largest absolute Gasteiger partial charge is 0.463 e. The van der Waals surface area contributed by atoms with Crippen LogP contribution in [0.1, 0.15) is 116 Å². The Morgan fingerprint density at radius 2 is 0.476 bits per heavy atom. The van der Waals surface area contributed by atoms with E-state index in [-0.39, 0.29) is 187 Å². The molecular weight excluding hydrogens is 1640 g/mol. The van der Waals surface area contributed by atoms with Crippen molar-refractivity contribution in [3.63, 3.8) is 0 Å². The highest BCUT2D eigenvalue weighted by molar-refractivity contribution is 5.91. The molecule has 708 valence electrons. The van der Waals surface area contributed by atoms with Gasteiger partial charge in [0.05, 0.1) is 92.1 Å². The summed E-state index contributed by atoms with van der Waals surface area (Å²) in [5, 5.41) is 66.8. The molecule has 0 saturated carbocycles. The fourth-order valence-corrected chi connectivity index (χ4v) is 8.45. The predicted octanol–water partition coefficient (Wildman–Crippen LogP) is 0.760. The first-order valence-corrected chi connectivity index (χ1v) is 40.0. The molecule has 0 aromatic heterocycles. The van der Waals surface area contributed by atoms with E-state index in [0.29, 0.717) is 52.5 Å². The van der Waals surface area contributed by atoms with Gasteiger partial charge in [0.2, 0.25) is 0 Å². The van der Waals surface area contributed by atoms with Gasteiger partial charge in [-0.2, -0.15) is 0 Å². The van der Waals surface area contributed by atoms with E-state index in [4.69, 9.17) is 66.3 Å². The van der Waals surface area contributed by atoms with Gasteiger partial charge in [-0.1, -0.05) is 66.5 Å². The number of hydrogen-bond acceptors (Lipinski definition) is 37. The summed E-state index contributed by atoms with van der Waals surface area (Å²) in [5.74, 6) is -8.01. The van der Waals surface area contributed by atoms with Crippen LogP contribution in [0.5, 0.6) is 0 Å². The van der Waals surface area contributed by atoms with E-state index < -0.39 is 152 Å². The lowest BCUT2D eigenvalue weighted by atomic mass is 9.88. The molecule has 0 aliphatic carbocycles. The smallest absolute Gasteiger partial charge is 0.333 e. The summed E-state index contributed by atoms with van der Waals surface area (Å²) in [6.45, 7) is 50.0. The number of nitrogens with one attached hydrogen (secondary N) is 6. The molecule has 0 radical (unpaired) electrons. The summed E-state index contributed by atoms with van der Waals surface area (Å²) in [4.78, 5) is 150. The Kier molecular flexibility index (Phi) is 66.7. The maximum absolute atomic E-state index is 11.9. The van der Waals surface area contributed by atoms with Gasteiger partial charge in [0.25, 0.3) is 17.7 Å². The molecule has 0 saturated heterocycles. The third-order valence-corrected chi connectivity index (χ3v) is 16.1. The summed E-state index contributed by atoms with van der Waals surface area (Å²) in [6, 6.07) is -0.365. The highest BCUT2D eigenvalue weighted by atomic mass is 16.6. The molecule has 0 aliphatic rings. The number of carbonyl (C=O) groups is 13. The zero-order chi connectivity index (χ0) is 94.9. The van der Waals surface area contributed by atoms with Crippen molar-refractivity contribution in [1.29, 1.82) is 0 Å². The Balaban J connectivity index is -0.00000184. The third kappa shape index (κ3) is 65.1. The van der Waals surface area contributed by atoms with Crippen molar-refractivity contribution in [2.24, 2.45) is 10.8 Å². The molecule has 40 nitrogen and oxygen atoms in total. The summed E-state index contributed by atoms with van der Waals surface area (Å²) >= 11 is 0. The van der Waals surface area contributed by atoms with Gasteiger partial charge >= 0.3 is 59.7 Å². The van der Waals surface area contributed by atoms with Crippen molar-refractivity contribution >= 4 is 77.4 Å². The van der Waals surface area contributed by atoms with E-state index in [0.717, 1.165) is 0 Å². The van der Waals surface area contributed by atoms with Crippen LogP contribution in [0, 0.1) is 10.8 Å². The van der Waals surface area contributed by atoms with Crippen LogP contribution < -0.4 is 31.9 Å². The molecule has 0 bridgehead atoms. The highest BCUT2D eigenvalue weighted by Gasteiger charge is 2.33. The first-order valence-electron chi connectivity index (χ1n) is 40.0. The molecule has 0 aliphatic heterocycles. The zero-order valence-electron chi connectivity index (χ0n) is 74.5. The molecule has 0 aromatic rings. The Morgan fingerprint density at radius 1 is 0.282 bits per heavy atom. The lowest BCUT2D eigenvalue weighted by Crippen LogP contribution is -2.43. The fraction of sp³-hybridized carbons (Fsp3) is 0.655. The highest BCUT2D eigenvalue weighted by Crippen LogP contribution is 2.26. The molecule has 40 heteroatoms. The van der Waals surface area contributed by atoms with Crippen molar-refractivity contribution < 1.29 is 164 Å². The molecular formula is C84H138N6O34. The van der Waals surface area contributed by atoms with Crippen molar-refractivity contribution in [2.45, 2.75) is 164 Å². The number of carbonyl (C=O) groups excluding carboxylic acids is 13. The quantitative estimate of drug-likeness (QED) is 0.0173. The van der Waals surface area contributed by atoms with E-state index in [1.807, 2.05) is 34.6 Å². The average Bonchev–Trinajstić information content (AvgIpc) is 0.875. The molecule has 0 rings (SSSR count). The number of amides is 3. The van der Waals surface area contributed by atoms with Gasteiger partial charge in [-0.25, -0.2) is 38.4 Å². The number of hydrogen-bond donors (Lipinski definition) is 11. The van der Waals surface area contributed by atoms with Crippen LogP contribution in [-0.4, -0.2) is 336 Å². The summed E-state index contributed by atoms with van der Waals surface area (Å²) in [6.07, 6.45) is -4.47. The average molecular weight is 1780 g/mol. The predicted molar refractivity (Wildman–Crippen MR) is 449 cm³/mol. The van der Waals surface area contributed by atoms with Crippen LogP contribution >= 0.6 is 0 Å².